The van der Waals surface area contributed by atoms with E-state index in [1.54, 1.807) is 0 Å². The van der Waals surface area contributed by atoms with Crippen LogP contribution in [0.3, 0.4) is 0 Å². The largest absolute Gasteiger partial charge is 0.379 e. The lowest BCUT2D eigenvalue weighted by molar-refractivity contribution is 0.0326. The van der Waals surface area contributed by atoms with Crippen LogP contribution in [0, 0.1) is 5.92 Å². The van der Waals surface area contributed by atoms with Gasteiger partial charge in [0.2, 0.25) is 0 Å². The summed E-state index contributed by atoms with van der Waals surface area (Å²) in [6.07, 6.45) is 5.43. The second-order valence-corrected chi connectivity index (χ2v) is 7.46. The maximum Gasteiger partial charge on any atom is 0.146 e. The van der Waals surface area contributed by atoms with Crippen LogP contribution in [-0.2, 0) is 18.3 Å². The third-order valence-electron chi connectivity index (χ3n) is 5.55. The van der Waals surface area contributed by atoms with Crippen LogP contribution in [0.25, 0.3) is 0 Å². The summed E-state index contributed by atoms with van der Waals surface area (Å²) in [7, 11) is 2.14. The van der Waals surface area contributed by atoms with E-state index in [1.165, 1.54) is 51.1 Å². The minimum Gasteiger partial charge on any atom is -0.379 e. The van der Waals surface area contributed by atoms with Crippen molar-refractivity contribution in [3.8, 4) is 0 Å². The van der Waals surface area contributed by atoms with Gasteiger partial charge in [-0.25, -0.2) is 0 Å². The van der Waals surface area contributed by atoms with Crippen LogP contribution in [0.5, 0.6) is 0 Å². The molecule has 6 heteroatoms. The molecule has 1 saturated carbocycles. The molecule has 3 aliphatic rings. The number of aromatic nitrogens is 3. The van der Waals surface area contributed by atoms with Crippen molar-refractivity contribution in [2.24, 2.45) is 13.0 Å². The number of piperidine rings is 1. The molecule has 1 atom stereocenters. The molecule has 128 valence electrons. The van der Waals surface area contributed by atoms with E-state index < -0.39 is 0 Å². The van der Waals surface area contributed by atoms with E-state index in [4.69, 9.17) is 4.74 Å². The maximum absolute atomic E-state index is 5.43. The molecule has 3 fully saturated rings. The summed E-state index contributed by atoms with van der Waals surface area (Å²) < 4.78 is 7.68. The minimum absolute atomic E-state index is 0.554. The Morgan fingerprint density at radius 3 is 2.65 bits per heavy atom. The predicted octanol–water partition coefficient (Wildman–Crippen LogP) is 1.24. The van der Waals surface area contributed by atoms with E-state index in [0.717, 1.165) is 44.6 Å². The summed E-state index contributed by atoms with van der Waals surface area (Å²) in [5.41, 5.74) is 0. The van der Waals surface area contributed by atoms with Crippen molar-refractivity contribution in [1.29, 1.82) is 0 Å². The predicted molar refractivity (Wildman–Crippen MR) is 88.2 cm³/mol. The van der Waals surface area contributed by atoms with Crippen LogP contribution in [0.1, 0.15) is 43.3 Å². The Kier molecular flexibility index (Phi) is 4.64. The van der Waals surface area contributed by atoms with Crippen LogP contribution in [0.15, 0.2) is 0 Å². The van der Waals surface area contributed by atoms with Crippen LogP contribution >= 0.6 is 0 Å². The Hall–Kier alpha value is -0.980. The van der Waals surface area contributed by atoms with Gasteiger partial charge < -0.3 is 14.2 Å². The average Bonchev–Trinajstić information content (AvgIpc) is 3.32. The summed E-state index contributed by atoms with van der Waals surface area (Å²) in [6.45, 7) is 8.31. The van der Waals surface area contributed by atoms with E-state index in [-0.39, 0.29) is 0 Å². The standard InChI is InChI=1S/C17H29N5O/c1-20-16(13-21-7-9-23-10-8-21)18-19-17(20)15-3-2-6-22(12-15)11-14-4-5-14/h14-15H,2-13H2,1H3/t15-/m0/s1. The molecule has 1 aromatic rings. The number of hydrogen-bond donors (Lipinski definition) is 0. The van der Waals surface area contributed by atoms with Crippen molar-refractivity contribution >= 4 is 0 Å². The molecule has 0 radical (unpaired) electrons. The Bertz CT molecular complexity index is 521. The molecule has 2 aliphatic heterocycles. The van der Waals surface area contributed by atoms with Crippen LogP contribution < -0.4 is 0 Å². The van der Waals surface area contributed by atoms with Gasteiger partial charge in [-0.05, 0) is 38.1 Å². The minimum atomic E-state index is 0.554. The Morgan fingerprint density at radius 1 is 1.04 bits per heavy atom. The van der Waals surface area contributed by atoms with Crippen molar-refractivity contribution in [1.82, 2.24) is 24.6 Å². The maximum atomic E-state index is 5.43. The van der Waals surface area contributed by atoms with Crippen molar-refractivity contribution in [3.05, 3.63) is 11.6 Å². The highest BCUT2D eigenvalue weighted by Crippen LogP contribution is 2.33. The zero-order valence-corrected chi connectivity index (χ0v) is 14.3. The monoisotopic (exact) mass is 319 g/mol. The van der Waals surface area contributed by atoms with Gasteiger partial charge in [0.1, 0.15) is 11.6 Å². The molecule has 0 spiro atoms. The van der Waals surface area contributed by atoms with E-state index >= 15 is 0 Å². The number of morpholine rings is 1. The Labute approximate surface area is 138 Å². The first-order valence-electron chi connectivity index (χ1n) is 9.20. The van der Waals surface area contributed by atoms with Crippen LogP contribution in [-0.4, -0.2) is 70.5 Å². The zero-order chi connectivity index (χ0) is 15.6. The second kappa shape index (κ2) is 6.87. The smallest absolute Gasteiger partial charge is 0.146 e. The fourth-order valence-corrected chi connectivity index (χ4v) is 3.93. The molecule has 2 saturated heterocycles. The Morgan fingerprint density at radius 2 is 1.87 bits per heavy atom. The van der Waals surface area contributed by atoms with Crippen molar-refractivity contribution in [2.45, 2.75) is 38.1 Å². The van der Waals surface area contributed by atoms with E-state index in [2.05, 4.69) is 31.6 Å². The first kappa shape index (κ1) is 15.5. The SMILES string of the molecule is Cn1c(CN2CCOCC2)nnc1[C@H]1CCCN(CC2CC2)C1. The van der Waals surface area contributed by atoms with Crippen LogP contribution in [0.4, 0.5) is 0 Å². The second-order valence-electron chi connectivity index (χ2n) is 7.46. The molecular weight excluding hydrogens is 290 g/mol. The summed E-state index contributed by atoms with van der Waals surface area (Å²) >= 11 is 0. The van der Waals surface area contributed by atoms with Gasteiger partial charge in [0.15, 0.2) is 0 Å². The van der Waals surface area contributed by atoms with E-state index in [0.29, 0.717) is 5.92 Å². The van der Waals surface area contributed by atoms with Gasteiger partial charge in [0.25, 0.3) is 0 Å². The van der Waals surface area contributed by atoms with Crippen molar-refractivity contribution in [2.75, 3.05) is 45.9 Å². The summed E-state index contributed by atoms with van der Waals surface area (Å²) in [5.74, 6) is 3.82. The average molecular weight is 319 g/mol. The number of hydrogen-bond acceptors (Lipinski definition) is 5. The molecule has 4 rings (SSSR count). The van der Waals surface area contributed by atoms with Crippen molar-refractivity contribution < 1.29 is 4.74 Å². The highest BCUT2D eigenvalue weighted by atomic mass is 16.5. The molecule has 0 amide bonds. The summed E-state index contributed by atoms with van der Waals surface area (Å²) in [6, 6.07) is 0. The highest BCUT2D eigenvalue weighted by molar-refractivity contribution is 5.04. The number of likely N-dealkylation sites (tertiary alicyclic amines) is 1. The van der Waals surface area contributed by atoms with Crippen LogP contribution in [0.2, 0.25) is 0 Å². The van der Waals surface area contributed by atoms with Gasteiger partial charge in [0.05, 0.1) is 19.8 Å². The zero-order valence-electron chi connectivity index (χ0n) is 14.3. The number of nitrogens with zero attached hydrogens (tertiary/aromatic N) is 5. The quantitative estimate of drug-likeness (QED) is 0.817. The lowest BCUT2D eigenvalue weighted by Gasteiger charge is -2.32. The first-order valence-corrected chi connectivity index (χ1v) is 9.20. The fourth-order valence-electron chi connectivity index (χ4n) is 3.93. The molecule has 1 aromatic heterocycles. The highest BCUT2D eigenvalue weighted by Gasteiger charge is 2.30. The van der Waals surface area contributed by atoms with E-state index in [9.17, 15) is 0 Å². The Balaban J connectivity index is 1.39. The third-order valence-corrected chi connectivity index (χ3v) is 5.55. The van der Waals surface area contributed by atoms with Gasteiger partial charge >= 0.3 is 0 Å². The molecule has 0 bridgehead atoms. The van der Waals surface area contributed by atoms with Gasteiger partial charge in [0, 0.05) is 39.1 Å². The molecule has 3 heterocycles. The number of rotatable bonds is 5. The first-order chi connectivity index (χ1) is 11.3. The molecule has 1 aliphatic carbocycles. The van der Waals surface area contributed by atoms with Gasteiger partial charge in [-0.2, -0.15) is 0 Å². The third kappa shape index (κ3) is 3.75. The van der Waals surface area contributed by atoms with Gasteiger partial charge in [-0.3, -0.25) is 4.90 Å². The van der Waals surface area contributed by atoms with Gasteiger partial charge in [-0.1, -0.05) is 0 Å². The molecule has 6 nitrogen and oxygen atoms in total. The molecule has 0 N–H and O–H groups in total. The van der Waals surface area contributed by atoms with Gasteiger partial charge in [-0.15, -0.1) is 10.2 Å². The lowest BCUT2D eigenvalue weighted by atomic mass is 9.97. The normalized spacial score (nSPS) is 27.4. The molecular formula is C17H29N5O. The molecule has 0 unspecified atom stereocenters. The van der Waals surface area contributed by atoms with E-state index in [1.807, 2.05) is 0 Å². The topological polar surface area (TPSA) is 46.4 Å². The number of ether oxygens (including phenoxy) is 1. The fraction of sp³-hybridized carbons (Fsp3) is 0.882. The lowest BCUT2D eigenvalue weighted by Crippen LogP contribution is -2.37. The molecule has 23 heavy (non-hydrogen) atoms. The summed E-state index contributed by atoms with van der Waals surface area (Å²) in [4.78, 5) is 5.07. The van der Waals surface area contributed by atoms with Crippen molar-refractivity contribution in [3.63, 3.8) is 0 Å². The molecule has 0 aromatic carbocycles. The summed E-state index contributed by atoms with van der Waals surface area (Å²) in [5, 5.41) is 9.06.